The first kappa shape index (κ1) is 22.5. The minimum absolute atomic E-state index is 0.00608. The number of hydrogen-bond acceptors (Lipinski definition) is 4. The normalized spacial score (nSPS) is 12.5. The van der Waals surface area contributed by atoms with Crippen LogP contribution in [0.4, 0.5) is 23.2 Å². The van der Waals surface area contributed by atoms with E-state index < -0.39 is 34.3 Å². The molecule has 2 heterocycles. The summed E-state index contributed by atoms with van der Waals surface area (Å²) in [4.78, 5) is 20.1. The zero-order valence-corrected chi connectivity index (χ0v) is 17.7. The lowest BCUT2D eigenvalue weighted by Gasteiger charge is -2.11. The first-order valence-electron chi connectivity index (χ1n) is 9.39. The van der Waals surface area contributed by atoms with Gasteiger partial charge in [-0.05, 0) is 42.5 Å². The third-order valence-corrected chi connectivity index (χ3v) is 5.95. The van der Waals surface area contributed by atoms with Crippen LogP contribution < -0.4 is 9.46 Å². The Morgan fingerprint density at radius 3 is 2.48 bits per heavy atom. The average Bonchev–Trinajstić information content (AvgIpc) is 3.24. The van der Waals surface area contributed by atoms with Crippen LogP contribution in [0.3, 0.4) is 0 Å². The quantitative estimate of drug-likeness (QED) is 0.299. The van der Waals surface area contributed by atoms with E-state index in [4.69, 9.17) is 4.74 Å². The van der Waals surface area contributed by atoms with Gasteiger partial charge in [-0.2, -0.15) is 13.2 Å². The van der Waals surface area contributed by atoms with Gasteiger partial charge < -0.3 is 9.72 Å². The van der Waals surface area contributed by atoms with Crippen molar-refractivity contribution >= 4 is 33.5 Å². The number of rotatable bonds is 6. The fourth-order valence-corrected chi connectivity index (χ4v) is 4.09. The first-order valence-corrected chi connectivity index (χ1v) is 10.5. The number of carbonyl (C=O) groups is 1. The van der Waals surface area contributed by atoms with Crippen LogP contribution in [-0.2, 0) is 17.2 Å². The molecule has 0 bridgehead atoms. The molecule has 170 valence electrons. The maximum Gasteiger partial charge on any atom is 0.416 e. The molecule has 0 aliphatic heterocycles. The number of pyridine rings is 1. The molecule has 0 aliphatic carbocycles. The van der Waals surface area contributed by atoms with Crippen LogP contribution in [0, 0.1) is 5.82 Å². The van der Waals surface area contributed by atoms with Crippen molar-refractivity contribution in [3.63, 3.8) is 0 Å². The van der Waals surface area contributed by atoms with Crippen LogP contribution in [0.2, 0.25) is 0 Å². The van der Waals surface area contributed by atoms with Gasteiger partial charge in [0.25, 0.3) is 0 Å². The Morgan fingerprint density at radius 1 is 1.09 bits per heavy atom. The maximum absolute atomic E-state index is 15.2. The number of nitrogens with zero attached hydrogens (tertiary/aromatic N) is 1. The third-order valence-electron chi connectivity index (χ3n) is 4.84. The van der Waals surface area contributed by atoms with Crippen molar-refractivity contribution < 1.29 is 31.3 Å². The smallest absolute Gasteiger partial charge is 0.416 e. The number of carbonyl (C=O) groups excluding carboxylic acids is 1. The molecule has 0 saturated heterocycles. The second-order valence-corrected chi connectivity index (χ2v) is 8.04. The molecule has 1 unspecified atom stereocenters. The highest BCUT2D eigenvalue weighted by Gasteiger charge is 2.30. The van der Waals surface area contributed by atoms with Crippen molar-refractivity contribution in [3.8, 4) is 5.75 Å². The van der Waals surface area contributed by atoms with Gasteiger partial charge in [-0.25, -0.2) is 13.6 Å². The van der Waals surface area contributed by atoms with E-state index in [1.165, 1.54) is 37.7 Å². The zero-order valence-electron chi connectivity index (χ0n) is 16.9. The van der Waals surface area contributed by atoms with E-state index >= 15 is 4.39 Å². The molecule has 6 nitrogen and oxygen atoms in total. The Morgan fingerprint density at radius 2 is 1.82 bits per heavy atom. The van der Waals surface area contributed by atoms with Crippen molar-refractivity contribution in [1.82, 2.24) is 9.97 Å². The molecule has 2 N–H and O–H groups in total. The van der Waals surface area contributed by atoms with Gasteiger partial charge in [0.05, 0.1) is 39.8 Å². The third kappa shape index (κ3) is 4.31. The largest absolute Gasteiger partial charge is 0.496 e. The molecule has 0 aliphatic rings. The predicted octanol–water partition coefficient (Wildman–Crippen LogP) is 5.10. The minimum atomic E-state index is -4.53. The summed E-state index contributed by atoms with van der Waals surface area (Å²) in [5, 5.41) is 0.385. The number of nitrogens with one attached hydrogen (secondary N) is 2. The van der Waals surface area contributed by atoms with Crippen molar-refractivity contribution in [2.45, 2.75) is 11.1 Å². The summed E-state index contributed by atoms with van der Waals surface area (Å²) in [7, 11) is -0.642. The molecule has 33 heavy (non-hydrogen) atoms. The highest BCUT2D eigenvalue weighted by atomic mass is 32.2. The summed E-state index contributed by atoms with van der Waals surface area (Å²) in [6, 6.07) is 9.12. The highest BCUT2D eigenvalue weighted by molar-refractivity contribution is 7.86. The number of alkyl halides is 3. The van der Waals surface area contributed by atoms with Crippen LogP contribution in [-0.4, -0.2) is 27.1 Å². The maximum atomic E-state index is 15.2. The predicted molar refractivity (Wildman–Crippen MR) is 114 cm³/mol. The molecule has 0 amide bonds. The van der Waals surface area contributed by atoms with Gasteiger partial charge in [0.1, 0.15) is 22.4 Å². The molecule has 2 aromatic heterocycles. The number of halogens is 4. The summed E-state index contributed by atoms with van der Waals surface area (Å²) >= 11 is 0. The number of ether oxygens (including phenoxy) is 1. The van der Waals surface area contributed by atoms with E-state index in [2.05, 4.69) is 14.7 Å². The molecule has 0 radical (unpaired) electrons. The summed E-state index contributed by atoms with van der Waals surface area (Å²) < 4.78 is 73.5. The summed E-state index contributed by atoms with van der Waals surface area (Å²) in [5.74, 6) is -1.24. The summed E-state index contributed by atoms with van der Waals surface area (Å²) in [6.45, 7) is 0. The highest BCUT2D eigenvalue weighted by Crippen LogP contribution is 2.31. The molecular formula is C22H15F4N3O3S. The fraction of sp³-hybridized carbons (Fsp3) is 0.0909. The number of methoxy groups -OCH3 is 1. The van der Waals surface area contributed by atoms with Crippen LogP contribution in [0.25, 0.3) is 11.0 Å². The average molecular weight is 477 g/mol. The van der Waals surface area contributed by atoms with Crippen molar-refractivity contribution in [1.29, 1.82) is 0 Å². The van der Waals surface area contributed by atoms with E-state index in [0.717, 1.165) is 24.3 Å². The van der Waals surface area contributed by atoms with Crippen molar-refractivity contribution in [2.75, 3.05) is 11.8 Å². The number of fused-ring (bicyclic) bond motifs is 1. The number of benzene rings is 2. The lowest BCUT2D eigenvalue weighted by atomic mass is 10.0. The number of H-pyrrole nitrogens is 1. The molecule has 0 saturated carbocycles. The van der Waals surface area contributed by atoms with Gasteiger partial charge in [0.2, 0.25) is 0 Å². The molecule has 2 aromatic carbocycles. The molecule has 4 rings (SSSR count). The van der Waals surface area contributed by atoms with E-state index in [-0.39, 0.29) is 21.7 Å². The number of anilines is 1. The monoisotopic (exact) mass is 477 g/mol. The Hall–Kier alpha value is -3.73. The number of aromatic amines is 1. The first-order chi connectivity index (χ1) is 15.7. The molecule has 11 heteroatoms. The van der Waals surface area contributed by atoms with Crippen molar-refractivity contribution in [3.05, 3.63) is 83.4 Å². The Balaban J connectivity index is 1.63. The molecule has 1 atom stereocenters. The second kappa shape index (κ2) is 8.66. The van der Waals surface area contributed by atoms with E-state index in [0.29, 0.717) is 16.8 Å². The minimum Gasteiger partial charge on any atom is -0.496 e. The molecule has 4 aromatic rings. The molecule has 0 fully saturated rings. The van der Waals surface area contributed by atoms with E-state index in [9.17, 15) is 22.2 Å². The Kier molecular flexibility index (Phi) is 5.90. The van der Waals surface area contributed by atoms with Crippen LogP contribution in [0.1, 0.15) is 21.5 Å². The lowest BCUT2D eigenvalue weighted by molar-refractivity contribution is -0.137. The van der Waals surface area contributed by atoms with Gasteiger partial charge >= 0.3 is 6.18 Å². The molecular weight excluding hydrogens is 462 g/mol. The second-order valence-electron chi connectivity index (χ2n) is 6.83. The van der Waals surface area contributed by atoms with Gasteiger partial charge in [0.15, 0.2) is 11.6 Å². The number of hydrogen-bond donors (Lipinski definition) is 2. The number of ketones is 1. The topological polar surface area (TPSA) is 84.1 Å². The Labute approximate surface area is 187 Å². The van der Waals surface area contributed by atoms with Crippen LogP contribution in [0.5, 0.6) is 5.75 Å². The van der Waals surface area contributed by atoms with Gasteiger partial charge in [-0.15, -0.1) is 0 Å². The Bertz CT molecular complexity index is 1370. The van der Waals surface area contributed by atoms with Crippen molar-refractivity contribution in [2.24, 2.45) is 0 Å². The van der Waals surface area contributed by atoms with Gasteiger partial charge in [0, 0.05) is 12.4 Å². The van der Waals surface area contributed by atoms with Gasteiger partial charge in [-0.1, -0.05) is 6.07 Å². The lowest BCUT2D eigenvalue weighted by Crippen LogP contribution is -2.11. The fourth-order valence-electron chi connectivity index (χ4n) is 3.23. The summed E-state index contributed by atoms with van der Waals surface area (Å²) in [6.07, 6.45) is -1.65. The SMILES string of the molecule is COc1ccnc2[nH]cc(C(=O)c3cccc(NS(=O)c4ccc(C(F)(F)F)cc4)c3F)c12. The summed E-state index contributed by atoms with van der Waals surface area (Å²) in [5.41, 5.74) is -0.920. The molecule has 0 spiro atoms. The van der Waals surface area contributed by atoms with E-state index in [1.807, 2.05) is 0 Å². The number of aromatic nitrogens is 2. The van der Waals surface area contributed by atoms with Crippen LogP contribution in [0.15, 0.2) is 65.8 Å². The van der Waals surface area contributed by atoms with E-state index in [1.54, 1.807) is 6.07 Å². The standard InChI is InChI=1S/C22H15F4N3O3S/c1-32-17-9-10-27-21-18(17)15(11-28-21)20(30)14-3-2-4-16(19(14)23)29-33(31)13-7-5-12(6-8-13)22(24,25)26/h2-11,29H,1H3,(H,27,28). The zero-order chi connectivity index (χ0) is 23.8. The van der Waals surface area contributed by atoms with Crippen LogP contribution >= 0.6 is 0 Å². The van der Waals surface area contributed by atoms with Gasteiger partial charge in [-0.3, -0.25) is 9.52 Å².